The van der Waals surface area contributed by atoms with E-state index >= 15 is 0 Å². The fraction of sp³-hybridized carbons (Fsp3) is 0.381. The van der Waals surface area contributed by atoms with Crippen LogP contribution in [0.5, 0.6) is 0 Å². The van der Waals surface area contributed by atoms with Crippen molar-refractivity contribution in [2.75, 3.05) is 23.3 Å². The van der Waals surface area contributed by atoms with Gasteiger partial charge in [0, 0.05) is 18.5 Å². The average Bonchev–Trinajstić information content (AvgIpc) is 2.57. The molecule has 128 valence electrons. The molecule has 0 bridgehead atoms. The summed E-state index contributed by atoms with van der Waals surface area (Å²) in [7, 11) is 0. The molecule has 2 aromatic carbocycles. The minimum absolute atomic E-state index is 0.0288. The first-order valence-electron chi connectivity index (χ1n) is 8.62. The number of hydrogen-bond acceptors (Lipinski definition) is 2. The Morgan fingerprint density at radius 2 is 1.58 bits per heavy atom. The molecule has 24 heavy (non-hydrogen) atoms. The lowest BCUT2D eigenvalue weighted by Gasteiger charge is -2.26. The maximum absolute atomic E-state index is 12.5. The van der Waals surface area contributed by atoms with Gasteiger partial charge in [-0.05, 0) is 37.1 Å². The van der Waals surface area contributed by atoms with Gasteiger partial charge < -0.3 is 10.2 Å². The van der Waals surface area contributed by atoms with Crippen molar-refractivity contribution < 1.29 is 4.79 Å². The molecule has 0 spiro atoms. The maximum atomic E-state index is 12.5. The van der Waals surface area contributed by atoms with Crippen molar-refractivity contribution in [3.63, 3.8) is 0 Å². The van der Waals surface area contributed by atoms with Crippen LogP contribution in [0.4, 0.5) is 11.4 Å². The number of hydrogen-bond donors (Lipinski definition) is 1. The second-order valence-electron chi connectivity index (χ2n) is 6.97. The van der Waals surface area contributed by atoms with Gasteiger partial charge in [0.15, 0.2) is 0 Å². The third kappa shape index (κ3) is 4.16. The molecule has 2 aromatic rings. The molecule has 0 heterocycles. The van der Waals surface area contributed by atoms with Gasteiger partial charge >= 0.3 is 0 Å². The molecule has 0 unspecified atom stereocenters. The molecule has 0 saturated heterocycles. The molecule has 0 fully saturated rings. The Labute approximate surface area is 145 Å². The monoisotopic (exact) mass is 324 g/mol. The molecule has 0 aliphatic heterocycles. The second-order valence-corrected chi connectivity index (χ2v) is 6.97. The van der Waals surface area contributed by atoms with Gasteiger partial charge in [0.1, 0.15) is 0 Å². The highest BCUT2D eigenvalue weighted by Crippen LogP contribution is 2.32. The molecule has 2 rings (SSSR count). The normalized spacial score (nSPS) is 11.2. The predicted octanol–water partition coefficient (Wildman–Crippen LogP) is 5.18. The molecule has 3 heteroatoms. The lowest BCUT2D eigenvalue weighted by Crippen LogP contribution is -2.29. The smallest absolute Gasteiger partial charge is 0.229 e. The van der Waals surface area contributed by atoms with E-state index in [0.717, 1.165) is 35.6 Å². The number of rotatable bonds is 5. The highest BCUT2D eigenvalue weighted by molar-refractivity contribution is 5.98. The number of carbonyl (C=O) groups excluding carboxylic acids is 1. The topological polar surface area (TPSA) is 32.3 Å². The van der Waals surface area contributed by atoms with Gasteiger partial charge in [-0.3, -0.25) is 4.79 Å². The van der Waals surface area contributed by atoms with E-state index in [2.05, 4.69) is 54.4 Å². The molecule has 3 nitrogen and oxygen atoms in total. The van der Waals surface area contributed by atoms with Crippen LogP contribution in [0, 0.1) is 5.41 Å². The summed E-state index contributed by atoms with van der Waals surface area (Å²) in [4.78, 5) is 14.8. The van der Waals surface area contributed by atoms with Crippen LogP contribution in [-0.4, -0.2) is 19.0 Å². The van der Waals surface area contributed by atoms with Gasteiger partial charge in [0.2, 0.25) is 5.91 Å². The van der Waals surface area contributed by atoms with Crippen LogP contribution in [0.1, 0.15) is 34.6 Å². The fourth-order valence-electron chi connectivity index (χ4n) is 2.60. The summed E-state index contributed by atoms with van der Waals surface area (Å²) in [6.07, 6.45) is 0. The van der Waals surface area contributed by atoms with Gasteiger partial charge in [-0.2, -0.15) is 0 Å². The van der Waals surface area contributed by atoms with E-state index < -0.39 is 5.41 Å². The summed E-state index contributed by atoms with van der Waals surface area (Å²) in [6, 6.07) is 16.5. The Hall–Kier alpha value is -2.29. The van der Waals surface area contributed by atoms with Crippen LogP contribution < -0.4 is 10.2 Å². The Morgan fingerprint density at radius 1 is 0.958 bits per heavy atom. The Balaban J connectivity index is 2.47. The van der Waals surface area contributed by atoms with Crippen LogP contribution in [0.15, 0.2) is 48.5 Å². The van der Waals surface area contributed by atoms with E-state index in [1.807, 2.05) is 39.0 Å². The summed E-state index contributed by atoms with van der Waals surface area (Å²) in [5, 5.41) is 3.13. The summed E-state index contributed by atoms with van der Waals surface area (Å²) in [6.45, 7) is 11.9. The first kappa shape index (κ1) is 18.1. The molecule has 1 N–H and O–H groups in total. The van der Waals surface area contributed by atoms with E-state index in [4.69, 9.17) is 0 Å². The lowest BCUT2D eigenvalue weighted by atomic mass is 9.95. The molecule has 0 aromatic heterocycles. The molecule has 0 atom stereocenters. The first-order valence-corrected chi connectivity index (χ1v) is 8.62. The third-order valence-electron chi connectivity index (χ3n) is 4.14. The number of nitrogens with one attached hydrogen (secondary N) is 1. The van der Waals surface area contributed by atoms with Crippen LogP contribution in [0.25, 0.3) is 11.1 Å². The summed E-state index contributed by atoms with van der Waals surface area (Å²) in [5.41, 5.74) is 3.77. The van der Waals surface area contributed by atoms with Gasteiger partial charge in [-0.1, -0.05) is 57.2 Å². The summed E-state index contributed by atoms with van der Waals surface area (Å²) >= 11 is 0. The van der Waals surface area contributed by atoms with Crippen LogP contribution in [-0.2, 0) is 4.79 Å². The van der Waals surface area contributed by atoms with Gasteiger partial charge in [-0.25, -0.2) is 0 Å². The van der Waals surface area contributed by atoms with E-state index in [1.165, 1.54) is 0 Å². The van der Waals surface area contributed by atoms with Crippen molar-refractivity contribution in [2.45, 2.75) is 34.6 Å². The molecule has 1 amide bonds. The second kappa shape index (κ2) is 7.52. The van der Waals surface area contributed by atoms with Crippen molar-refractivity contribution in [3.05, 3.63) is 48.5 Å². The molecular weight excluding hydrogens is 296 g/mol. The largest absolute Gasteiger partial charge is 0.370 e. The Bertz CT molecular complexity index is 683. The van der Waals surface area contributed by atoms with E-state index in [-0.39, 0.29) is 5.91 Å². The highest BCUT2D eigenvalue weighted by Gasteiger charge is 2.23. The standard InChI is InChI=1S/C21H28N2O/c1-6-23(7-2)19-14-13-17(16-11-9-8-10-12-16)15-18(19)22-20(24)21(3,4)5/h8-15H,6-7H2,1-5H3,(H,22,24). The molecule has 0 saturated carbocycles. The van der Waals surface area contributed by atoms with Gasteiger partial charge in [0.05, 0.1) is 11.4 Å². The number of anilines is 2. The minimum atomic E-state index is -0.427. The van der Waals surface area contributed by atoms with Crippen molar-refractivity contribution in [1.82, 2.24) is 0 Å². The maximum Gasteiger partial charge on any atom is 0.229 e. The van der Waals surface area contributed by atoms with Gasteiger partial charge in [-0.15, -0.1) is 0 Å². The number of nitrogens with zero attached hydrogens (tertiary/aromatic N) is 1. The summed E-state index contributed by atoms with van der Waals surface area (Å²) in [5.74, 6) is 0.0288. The summed E-state index contributed by atoms with van der Waals surface area (Å²) < 4.78 is 0. The van der Waals surface area contributed by atoms with Crippen LogP contribution >= 0.6 is 0 Å². The highest BCUT2D eigenvalue weighted by atomic mass is 16.2. The van der Waals surface area contributed by atoms with E-state index in [1.54, 1.807) is 0 Å². The van der Waals surface area contributed by atoms with Crippen molar-refractivity contribution in [1.29, 1.82) is 0 Å². The zero-order chi connectivity index (χ0) is 17.7. The number of benzene rings is 2. The molecule has 0 aliphatic carbocycles. The Kier molecular flexibility index (Phi) is 5.66. The SMILES string of the molecule is CCN(CC)c1ccc(-c2ccccc2)cc1NC(=O)C(C)(C)C. The number of carbonyl (C=O) groups is 1. The fourth-order valence-corrected chi connectivity index (χ4v) is 2.60. The zero-order valence-electron chi connectivity index (χ0n) is 15.4. The average molecular weight is 324 g/mol. The van der Waals surface area contributed by atoms with Gasteiger partial charge in [0.25, 0.3) is 0 Å². The molecule has 0 radical (unpaired) electrons. The van der Waals surface area contributed by atoms with Crippen molar-refractivity contribution in [3.8, 4) is 11.1 Å². The first-order chi connectivity index (χ1) is 11.4. The molecule has 0 aliphatic rings. The minimum Gasteiger partial charge on any atom is -0.370 e. The quantitative estimate of drug-likeness (QED) is 0.821. The van der Waals surface area contributed by atoms with E-state index in [9.17, 15) is 4.79 Å². The zero-order valence-corrected chi connectivity index (χ0v) is 15.4. The van der Waals surface area contributed by atoms with Crippen molar-refractivity contribution >= 4 is 17.3 Å². The Morgan fingerprint density at radius 3 is 2.12 bits per heavy atom. The lowest BCUT2D eigenvalue weighted by molar-refractivity contribution is -0.123. The predicted molar refractivity (Wildman–Crippen MR) is 104 cm³/mol. The van der Waals surface area contributed by atoms with Crippen LogP contribution in [0.3, 0.4) is 0 Å². The van der Waals surface area contributed by atoms with Crippen LogP contribution in [0.2, 0.25) is 0 Å². The third-order valence-corrected chi connectivity index (χ3v) is 4.14. The van der Waals surface area contributed by atoms with Crippen molar-refractivity contribution in [2.24, 2.45) is 5.41 Å². The van der Waals surface area contributed by atoms with E-state index in [0.29, 0.717) is 0 Å². The number of amides is 1. The molecular formula is C21H28N2O.